The van der Waals surface area contributed by atoms with Gasteiger partial charge in [-0.25, -0.2) is 4.79 Å². The van der Waals surface area contributed by atoms with Crippen LogP contribution in [0.5, 0.6) is 0 Å². The monoisotopic (exact) mass is 291 g/mol. The number of carbonyl (C=O) groups excluding carboxylic acids is 1. The van der Waals surface area contributed by atoms with Crippen molar-refractivity contribution in [2.75, 3.05) is 5.32 Å². The molecule has 1 aliphatic carbocycles. The second-order valence-corrected chi connectivity index (χ2v) is 5.47. The summed E-state index contributed by atoms with van der Waals surface area (Å²) in [6.45, 7) is 1.91. The maximum absolute atomic E-state index is 12.3. The summed E-state index contributed by atoms with van der Waals surface area (Å²) in [7, 11) is 0. The number of rotatable bonds is 4. The zero-order valence-electron chi connectivity index (χ0n) is 11.6. The number of hydrogen-bond donors (Lipinski definition) is 3. The lowest BCUT2D eigenvalue weighted by molar-refractivity contribution is -0.145. The molecule has 6 heteroatoms. The number of carbonyl (C=O) groups is 3. The van der Waals surface area contributed by atoms with Gasteiger partial charge in [0.2, 0.25) is 5.91 Å². The fourth-order valence-corrected chi connectivity index (χ4v) is 2.86. The maximum atomic E-state index is 12.3. The van der Waals surface area contributed by atoms with Crippen LogP contribution in [0.25, 0.3) is 0 Å². The zero-order chi connectivity index (χ0) is 15.6. The van der Waals surface area contributed by atoms with Crippen LogP contribution in [0, 0.1) is 17.8 Å². The lowest BCUT2D eigenvalue weighted by Crippen LogP contribution is -2.30. The fraction of sp³-hybridized carbons (Fsp3) is 0.400. The highest BCUT2D eigenvalue weighted by atomic mass is 16.4. The van der Waals surface area contributed by atoms with E-state index in [4.69, 9.17) is 5.11 Å². The molecule has 3 atom stereocenters. The van der Waals surface area contributed by atoms with Gasteiger partial charge in [0.1, 0.15) is 0 Å². The van der Waals surface area contributed by atoms with Crippen LogP contribution in [0.15, 0.2) is 24.3 Å². The quantitative estimate of drug-likeness (QED) is 0.787. The van der Waals surface area contributed by atoms with Crippen LogP contribution in [0.4, 0.5) is 5.69 Å². The molecule has 2 rings (SSSR count). The molecule has 0 aliphatic heterocycles. The Labute approximate surface area is 121 Å². The predicted molar refractivity (Wildman–Crippen MR) is 75.0 cm³/mol. The van der Waals surface area contributed by atoms with E-state index in [9.17, 15) is 19.5 Å². The van der Waals surface area contributed by atoms with E-state index >= 15 is 0 Å². The minimum atomic E-state index is -1.14. The molecule has 0 heterocycles. The first-order chi connectivity index (χ1) is 9.90. The van der Waals surface area contributed by atoms with Crippen molar-refractivity contribution < 1.29 is 24.6 Å². The molecule has 112 valence electrons. The molecule has 1 saturated carbocycles. The second kappa shape index (κ2) is 5.95. The Kier molecular flexibility index (Phi) is 4.26. The first-order valence-electron chi connectivity index (χ1n) is 6.76. The van der Waals surface area contributed by atoms with Gasteiger partial charge < -0.3 is 15.5 Å². The van der Waals surface area contributed by atoms with E-state index in [0.717, 1.165) is 0 Å². The van der Waals surface area contributed by atoms with Gasteiger partial charge in [-0.3, -0.25) is 9.59 Å². The molecule has 0 saturated heterocycles. The van der Waals surface area contributed by atoms with Gasteiger partial charge >= 0.3 is 11.9 Å². The van der Waals surface area contributed by atoms with Crippen LogP contribution in [0.1, 0.15) is 30.1 Å². The van der Waals surface area contributed by atoms with Gasteiger partial charge in [-0.2, -0.15) is 0 Å². The second-order valence-electron chi connectivity index (χ2n) is 5.47. The minimum absolute atomic E-state index is 0.0104. The smallest absolute Gasteiger partial charge is 0.337 e. The van der Waals surface area contributed by atoms with Crippen LogP contribution < -0.4 is 5.32 Å². The molecule has 0 bridgehead atoms. The third-order valence-corrected chi connectivity index (χ3v) is 3.87. The van der Waals surface area contributed by atoms with Crippen molar-refractivity contribution in [2.45, 2.75) is 19.8 Å². The van der Waals surface area contributed by atoms with E-state index in [1.54, 1.807) is 12.1 Å². The molecule has 3 unspecified atom stereocenters. The summed E-state index contributed by atoms with van der Waals surface area (Å²) in [6.07, 6.45) is 0.964. The van der Waals surface area contributed by atoms with E-state index in [0.29, 0.717) is 12.8 Å². The number of benzene rings is 1. The van der Waals surface area contributed by atoms with Crippen molar-refractivity contribution in [3.63, 3.8) is 0 Å². The average molecular weight is 291 g/mol. The van der Waals surface area contributed by atoms with Crippen LogP contribution in [0.2, 0.25) is 0 Å². The largest absolute Gasteiger partial charge is 0.481 e. The van der Waals surface area contributed by atoms with E-state index in [1.165, 1.54) is 12.1 Å². The lowest BCUT2D eigenvalue weighted by Gasteiger charge is -2.16. The van der Waals surface area contributed by atoms with E-state index in [2.05, 4.69) is 5.32 Å². The molecular weight excluding hydrogens is 274 g/mol. The Morgan fingerprint density at radius 3 is 2.33 bits per heavy atom. The number of amides is 1. The number of para-hydroxylation sites is 1. The molecular formula is C15H17NO5. The number of anilines is 1. The number of carboxylic acids is 2. The van der Waals surface area contributed by atoms with Gasteiger partial charge in [-0.15, -0.1) is 0 Å². The Bertz CT molecular complexity index is 583. The molecule has 0 aromatic heterocycles. The zero-order valence-corrected chi connectivity index (χ0v) is 11.6. The third kappa shape index (κ3) is 3.21. The topological polar surface area (TPSA) is 104 Å². The molecule has 1 aromatic rings. The standard InChI is InChI=1S/C15H17NO5/c1-8-6-10(11(7-8)15(20)21)13(17)16-12-5-3-2-4-9(12)14(18)19/h2-5,8,10-11H,6-7H2,1H3,(H,16,17)(H,18,19)(H,20,21). The Morgan fingerprint density at radius 1 is 1.10 bits per heavy atom. The summed E-state index contributed by atoms with van der Waals surface area (Å²) >= 11 is 0. The summed E-state index contributed by atoms with van der Waals surface area (Å²) in [6, 6.07) is 6.07. The fourth-order valence-electron chi connectivity index (χ4n) is 2.86. The molecule has 3 N–H and O–H groups in total. The molecule has 0 radical (unpaired) electrons. The van der Waals surface area contributed by atoms with E-state index in [1.807, 2.05) is 6.92 Å². The highest BCUT2D eigenvalue weighted by Crippen LogP contribution is 2.37. The molecule has 6 nitrogen and oxygen atoms in total. The first kappa shape index (κ1) is 15.0. The van der Waals surface area contributed by atoms with Crippen molar-refractivity contribution in [1.29, 1.82) is 0 Å². The Hall–Kier alpha value is -2.37. The van der Waals surface area contributed by atoms with Gasteiger partial charge in [0.15, 0.2) is 0 Å². The van der Waals surface area contributed by atoms with Crippen LogP contribution >= 0.6 is 0 Å². The van der Waals surface area contributed by atoms with Crippen molar-refractivity contribution in [1.82, 2.24) is 0 Å². The van der Waals surface area contributed by atoms with E-state index < -0.39 is 29.7 Å². The summed E-state index contributed by atoms with van der Waals surface area (Å²) in [4.78, 5) is 34.6. The number of aliphatic carboxylic acids is 1. The van der Waals surface area contributed by atoms with E-state index in [-0.39, 0.29) is 17.2 Å². The van der Waals surface area contributed by atoms with Gasteiger partial charge in [0.05, 0.1) is 23.1 Å². The summed E-state index contributed by atoms with van der Waals surface area (Å²) in [5.74, 6) is -3.72. The predicted octanol–water partition coefficient (Wildman–Crippen LogP) is 2.07. The molecule has 1 fully saturated rings. The lowest BCUT2D eigenvalue weighted by atomic mass is 9.95. The third-order valence-electron chi connectivity index (χ3n) is 3.87. The first-order valence-corrected chi connectivity index (χ1v) is 6.76. The summed E-state index contributed by atoms with van der Waals surface area (Å²) in [5, 5.41) is 20.8. The van der Waals surface area contributed by atoms with Crippen LogP contribution in [-0.2, 0) is 9.59 Å². The maximum Gasteiger partial charge on any atom is 0.337 e. The average Bonchev–Trinajstić information content (AvgIpc) is 2.81. The van der Waals surface area contributed by atoms with Gasteiger partial charge in [-0.05, 0) is 30.9 Å². The number of nitrogens with one attached hydrogen (secondary N) is 1. The normalized spacial score (nSPS) is 24.5. The molecule has 1 aromatic carbocycles. The van der Waals surface area contributed by atoms with Gasteiger partial charge in [-0.1, -0.05) is 19.1 Å². The van der Waals surface area contributed by atoms with Crippen molar-refractivity contribution in [2.24, 2.45) is 17.8 Å². The highest BCUT2D eigenvalue weighted by molar-refractivity contribution is 6.02. The number of hydrogen-bond acceptors (Lipinski definition) is 3. The summed E-state index contributed by atoms with van der Waals surface area (Å²) in [5.41, 5.74) is 0.183. The van der Waals surface area contributed by atoms with Crippen molar-refractivity contribution in [3.05, 3.63) is 29.8 Å². The van der Waals surface area contributed by atoms with Gasteiger partial charge in [0.25, 0.3) is 0 Å². The van der Waals surface area contributed by atoms with Gasteiger partial charge in [0, 0.05) is 0 Å². The van der Waals surface area contributed by atoms with Crippen LogP contribution in [-0.4, -0.2) is 28.1 Å². The molecule has 0 spiro atoms. The van der Waals surface area contributed by atoms with Crippen molar-refractivity contribution in [3.8, 4) is 0 Å². The molecule has 1 amide bonds. The minimum Gasteiger partial charge on any atom is -0.481 e. The number of aromatic carboxylic acids is 1. The number of carboxylic acid groups (broad SMARTS) is 2. The Balaban J connectivity index is 2.18. The molecule has 1 aliphatic rings. The SMILES string of the molecule is CC1CC(C(=O)O)C(C(=O)Nc2ccccc2C(=O)O)C1. The molecule has 21 heavy (non-hydrogen) atoms. The summed E-state index contributed by atoms with van der Waals surface area (Å²) < 4.78 is 0. The van der Waals surface area contributed by atoms with Crippen molar-refractivity contribution >= 4 is 23.5 Å². The highest BCUT2D eigenvalue weighted by Gasteiger charge is 2.41. The Morgan fingerprint density at radius 2 is 1.71 bits per heavy atom. The van der Waals surface area contributed by atoms with Crippen LogP contribution in [0.3, 0.4) is 0 Å².